The van der Waals surface area contributed by atoms with Crippen molar-refractivity contribution in [2.24, 2.45) is 5.73 Å². The summed E-state index contributed by atoms with van der Waals surface area (Å²) in [6.07, 6.45) is 2.49. The predicted octanol–water partition coefficient (Wildman–Crippen LogP) is 1.06. The number of hydrogen-bond donors (Lipinski definition) is 3. The van der Waals surface area contributed by atoms with Gasteiger partial charge in [0.05, 0.1) is 0 Å². The summed E-state index contributed by atoms with van der Waals surface area (Å²) in [7, 11) is 0. The van der Waals surface area contributed by atoms with E-state index < -0.39 is 23.9 Å². The molecule has 2 atom stereocenters. The number of carbonyl (C=O) groups excluding carboxylic acids is 3. The monoisotopic (exact) mass is 331 g/mol. The molecule has 1 aromatic rings. The van der Waals surface area contributed by atoms with E-state index in [1.807, 2.05) is 50.3 Å². The molecule has 0 spiro atoms. The molecular weight excluding hydrogens is 306 g/mol. The lowest BCUT2D eigenvalue weighted by Gasteiger charge is -2.21. The average Bonchev–Trinajstić information content (AvgIpc) is 2.50. The highest BCUT2D eigenvalue weighted by molar-refractivity contribution is 5.91. The van der Waals surface area contributed by atoms with Gasteiger partial charge in [-0.3, -0.25) is 14.4 Å². The van der Waals surface area contributed by atoms with Crippen LogP contribution in [0.1, 0.15) is 32.8 Å². The predicted molar refractivity (Wildman–Crippen MR) is 92.9 cm³/mol. The van der Waals surface area contributed by atoms with Gasteiger partial charge in [0, 0.05) is 13.3 Å². The van der Waals surface area contributed by atoms with Crippen molar-refractivity contribution in [3.8, 4) is 0 Å². The summed E-state index contributed by atoms with van der Waals surface area (Å²) < 4.78 is 0. The first-order valence-electron chi connectivity index (χ1n) is 7.83. The van der Waals surface area contributed by atoms with Crippen LogP contribution in [0.3, 0.4) is 0 Å². The first kappa shape index (κ1) is 19.4. The Morgan fingerprint density at radius 3 is 2.17 bits per heavy atom. The van der Waals surface area contributed by atoms with Crippen LogP contribution in [0.2, 0.25) is 0 Å². The summed E-state index contributed by atoms with van der Waals surface area (Å²) in [4.78, 5) is 35.4. The summed E-state index contributed by atoms with van der Waals surface area (Å²) in [6, 6.07) is 7.77. The molecule has 4 N–H and O–H groups in total. The first-order valence-corrected chi connectivity index (χ1v) is 7.83. The van der Waals surface area contributed by atoms with E-state index in [0.29, 0.717) is 12.8 Å². The van der Waals surface area contributed by atoms with E-state index in [0.717, 1.165) is 11.1 Å². The molecule has 1 aromatic carbocycles. The number of amides is 3. The molecule has 0 saturated heterocycles. The second kappa shape index (κ2) is 9.50. The van der Waals surface area contributed by atoms with Gasteiger partial charge in [0.2, 0.25) is 17.7 Å². The van der Waals surface area contributed by atoms with E-state index in [4.69, 9.17) is 5.73 Å². The molecule has 3 amide bonds. The van der Waals surface area contributed by atoms with Crippen LogP contribution in [0.5, 0.6) is 0 Å². The molecular formula is C18H25N3O3. The molecule has 6 heteroatoms. The van der Waals surface area contributed by atoms with Crippen LogP contribution in [-0.2, 0) is 20.8 Å². The lowest BCUT2D eigenvalue weighted by Crippen LogP contribution is -2.53. The molecule has 0 unspecified atom stereocenters. The highest BCUT2D eigenvalue weighted by Gasteiger charge is 2.24. The van der Waals surface area contributed by atoms with Crippen molar-refractivity contribution in [1.29, 1.82) is 0 Å². The number of benzene rings is 1. The van der Waals surface area contributed by atoms with Crippen LogP contribution >= 0.6 is 0 Å². The van der Waals surface area contributed by atoms with Crippen molar-refractivity contribution in [2.75, 3.05) is 0 Å². The van der Waals surface area contributed by atoms with Crippen LogP contribution in [0, 0.1) is 0 Å². The number of hydrogen-bond acceptors (Lipinski definition) is 3. The highest BCUT2D eigenvalue weighted by Crippen LogP contribution is 2.05. The SMILES string of the molecule is CC(=O)N[C@H](Cc1ccccc1)C(=O)N[C@H](CC=C(C)C)C(N)=O. The summed E-state index contributed by atoms with van der Waals surface area (Å²) >= 11 is 0. The van der Waals surface area contributed by atoms with Crippen molar-refractivity contribution in [2.45, 2.75) is 45.7 Å². The third-order valence-electron chi connectivity index (χ3n) is 3.40. The van der Waals surface area contributed by atoms with Gasteiger partial charge in [-0.25, -0.2) is 0 Å². The molecule has 0 aliphatic carbocycles. The number of allylic oxidation sites excluding steroid dienone is 1. The van der Waals surface area contributed by atoms with Crippen molar-refractivity contribution < 1.29 is 14.4 Å². The van der Waals surface area contributed by atoms with E-state index in [-0.39, 0.29) is 5.91 Å². The fourth-order valence-electron chi connectivity index (χ4n) is 2.18. The fraction of sp³-hybridized carbons (Fsp3) is 0.389. The van der Waals surface area contributed by atoms with Gasteiger partial charge in [-0.1, -0.05) is 42.0 Å². The van der Waals surface area contributed by atoms with Crippen molar-refractivity contribution in [3.63, 3.8) is 0 Å². The zero-order chi connectivity index (χ0) is 18.1. The molecule has 6 nitrogen and oxygen atoms in total. The average molecular weight is 331 g/mol. The van der Waals surface area contributed by atoms with Gasteiger partial charge in [0.25, 0.3) is 0 Å². The van der Waals surface area contributed by atoms with E-state index >= 15 is 0 Å². The molecule has 0 saturated carbocycles. The Morgan fingerprint density at radius 2 is 1.67 bits per heavy atom. The summed E-state index contributed by atoms with van der Waals surface area (Å²) in [5, 5.41) is 5.24. The second-order valence-corrected chi connectivity index (χ2v) is 5.92. The zero-order valence-corrected chi connectivity index (χ0v) is 14.3. The molecule has 0 aliphatic heterocycles. The molecule has 0 fully saturated rings. The summed E-state index contributed by atoms with van der Waals surface area (Å²) in [6.45, 7) is 5.14. The van der Waals surface area contributed by atoms with Gasteiger partial charge in [-0.15, -0.1) is 0 Å². The lowest BCUT2D eigenvalue weighted by atomic mass is 10.0. The summed E-state index contributed by atoms with van der Waals surface area (Å²) in [5.41, 5.74) is 7.29. The Morgan fingerprint density at radius 1 is 1.04 bits per heavy atom. The molecule has 130 valence electrons. The number of nitrogens with two attached hydrogens (primary N) is 1. The van der Waals surface area contributed by atoms with Gasteiger partial charge < -0.3 is 16.4 Å². The molecule has 0 radical (unpaired) electrons. The van der Waals surface area contributed by atoms with Gasteiger partial charge in [-0.05, 0) is 25.8 Å². The van der Waals surface area contributed by atoms with Gasteiger partial charge in [0.1, 0.15) is 12.1 Å². The Kier molecular flexibility index (Phi) is 7.68. The Bertz CT molecular complexity index is 607. The molecule has 24 heavy (non-hydrogen) atoms. The van der Waals surface area contributed by atoms with E-state index in [9.17, 15) is 14.4 Å². The maximum atomic E-state index is 12.5. The maximum Gasteiger partial charge on any atom is 0.243 e. The van der Waals surface area contributed by atoms with Gasteiger partial charge >= 0.3 is 0 Å². The topological polar surface area (TPSA) is 101 Å². The van der Waals surface area contributed by atoms with Crippen LogP contribution in [0.15, 0.2) is 42.0 Å². The van der Waals surface area contributed by atoms with Crippen LogP contribution in [0.25, 0.3) is 0 Å². The Balaban J connectivity index is 2.83. The van der Waals surface area contributed by atoms with Crippen LogP contribution in [-0.4, -0.2) is 29.8 Å². The van der Waals surface area contributed by atoms with Gasteiger partial charge in [0.15, 0.2) is 0 Å². The molecule has 0 bridgehead atoms. The fourth-order valence-corrected chi connectivity index (χ4v) is 2.18. The quantitative estimate of drug-likeness (QED) is 0.621. The van der Waals surface area contributed by atoms with Crippen LogP contribution in [0.4, 0.5) is 0 Å². The minimum Gasteiger partial charge on any atom is -0.368 e. The van der Waals surface area contributed by atoms with Crippen LogP contribution < -0.4 is 16.4 Å². The number of primary amides is 1. The van der Waals surface area contributed by atoms with Crippen molar-refractivity contribution >= 4 is 17.7 Å². The molecule has 0 heterocycles. The second-order valence-electron chi connectivity index (χ2n) is 5.92. The Labute approximate surface area is 142 Å². The zero-order valence-electron chi connectivity index (χ0n) is 14.3. The summed E-state index contributed by atoms with van der Waals surface area (Å²) in [5.74, 6) is -1.35. The van der Waals surface area contributed by atoms with E-state index in [2.05, 4.69) is 10.6 Å². The third kappa shape index (κ3) is 7.09. The normalized spacial score (nSPS) is 12.6. The van der Waals surface area contributed by atoms with Crippen molar-refractivity contribution in [1.82, 2.24) is 10.6 Å². The third-order valence-corrected chi connectivity index (χ3v) is 3.40. The number of carbonyl (C=O) groups is 3. The lowest BCUT2D eigenvalue weighted by molar-refractivity contribution is -0.130. The molecule has 1 rings (SSSR count). The minimum atomic E-state index is -0.806. The highest BCUT2D eigenvalue weighted by atomic mass is 16.2. The standard InChI is InChI=1S/C18H25N3O3/c1-12(2)9-10-15(17(19)23)21-18(24)16(20-13(3)22)11-14-7-5-4-6-8-14/h4-9,15-16H,10-11H2,1-3H3,(H2,19,23)(H,20,22)(H,21,24)/t15-,16-/m1/s1. The molecule has 0 aliphatic rings. The minimum absolute atomic E-state index is 0.314. The maximum absolute atomic E-state index is 12.5. The first-order chi connectivity index (χ1) is 11.3. The van der Waals surface area contributed by atoms with Gasteiger partial charge in [-0.2, -0.15) is 0 Å². The number of rotatable bonds is 8. The van der Waals surface area contributed by atoms with E-state index in [1.54, 1.807) is 0 Å². The largest absolute Gasteiger partial charge is 0.368 e. The molecule has 0 aromatic heterocycles. The van der Waals surface area contributed by atoms with Crippen molar-refractivity contribution in [3.05, 3.63) is 47.5 Å². The Hall–Kier alpha value is -2.63. The smallest absolute Gasteiger partial charge is 0.243 e. The number of nitrogens with one attached hydrogen (secondary N) is 2. The van der Waals surface area contributed by atoms with E-state index in [1.165, 1.54) is 6.92 Å².